The fourth-order valence-corrected chi connectivity index (χ4v) is 3.27. The van der Waals surface area contributed by atoms with Crippen molar-refractivity contribution in [3.8, 4) is 0 Å². The van der Waals surface area contributed by atoms with Crippen LogP contribution in [-0.2, 0) is 22.8 Å². The van der Waals surface area contributed by atoms with Crippen molar-refractivity contribution in [1.29, 1.82) is 0 Å². The molecular formula is C20H25N3O2. The van der Waals surface area contributed by atoms with Gasteiger partial charge in [0.2, 0.25) is 5.91 Å². The van der Waals surface area contributed by atoms with Crippen molar-refractivity contribution in [2.75, 3.05) is 6.54 Å². The Morgan fingerprint density at radius 2 is 1.68 bits per heavy atom. The van der Waals surface area contributed by atoms with Gasteiger partial charge in [-0.3, -0.25) is 14.5 Å². The Bertz CT molecular complexity index is 663. The van der Waals surface area contributed by atoms with E-state index in [4.69, 9.17) is 10.6 Å². The van der Waals surface area contributed by atoms with Crippen LogP contribution in [0, 0.1) is 0 Å². The summed E-state index contributed by atoms with van der Waals surface area (Å²) in [5.41, 5.74) is 11.1. The molecule has 1 aliphatic heterocycles. The van der Waals surface area contributed by atoms with Crippen molar-refractivity contribution in [1.82, 2.24) is 10.4 Å². The highest BCUT2D eigenvalue weighted by Gasteiger charge is 2.31. The summed E-state index contributed by atoms with van der Waals surface area (Å²) < 4.78 is 0. The molecule has 1 fully saturated rings. The van der Waals surface area contributed by atoms with Gasteiger partial charge in [0, 0.05) is 19.1 Å². The van der Waals surface area contributed by atoms with Crippen molar-refractivity contribution in [3.63, 3.8) is 0 Å². The fourth-order valence-electron chi connectivity index (χ4n) is 3.27. The maximum Gasteiger partial charge on any atom is 0.234 e. The lowest BCUT2D eigenvalue weighted by Crippen LogP contribution is -2.54. The molecule has 3 N–H and O–H groups in total. The van der Waals surface area contributed by atoms with Gasteiger partial charge in [0.1, 0.15) is 0 Å². The third-order valence-corrected chi connectivity index (χ3v) is 4.57. The molecule has 0 aromatic heterocycles. The maximum absolute atomic E-state index is 11.8. The third kappa shape index (κ3) is 5.13. The maximum atomic E-state index is 11.8. The third-order valence-electron chi connectivity index (χ3n) is 4.57. The van der Waals surface area contributed by atoms with E-state index in [1.807, 2.05) is 48.5 Å². The fraction of sp³-hybridized carbons (Fsp3) is 0.350. The van der Waals surface area contributed by atoms with Gasteiger partial charge in [-0.25, -0.2) is 0 Å². The van der Waals surface area contributed by atoms with Gasteiger partial charge < -0.3 is 5.73 Å². The summed E-state index contributed by atoms with van der Waals surface area (Å²) in [4.78, 5) is 19.6. The smallest absolute Gasteiger partial charge is 0.234 e. The molecule has 2 aromatic carbocycles. The van der Waals surface area contributed by atoms with E-state index in [1.165, 1.54) is 5.56 Å². The standard InChI is InChI=1S/C20H25N3O2/c21-20(24)19-12-11-18(22-25-15-17-9-5-2-6-10-17)14-23(19)13-16-7-3-1-4-8-16/h1-10,18-19,22H,11-15H2,(H2,21,24)/t18-,19+/m1/s1. The van der Waals surface area contributed by atoms with Crippen molar-refractivity contribution >= 4 is 5.91 Å². The van der Waals surface area contributed by atoms with E-state index < -0.39 is 0 Å². The lowest BCUT2D eigenvalue weighted by molar-refractivity contribution is -0.126. The lowest BCUT2D eigenvalue weighted by atomic mass is 9.97. The highest BCUT2D eigenvalue weighted by molar-refractivity contribution is 5.80. The average Bonchev–Trinajstić information content (AvgIpc) is 2.63. The predicted octanol–water partition coefficient (Wildman–Crippen LogP) is 2.23. The van der Waals surface area contributed by atoms with E-state index in [0.29, 0.717) is 13.2 Å². The van der Waals surface area contributed by atoms with E-state index in [0.717, 1.165) is 24.9 Å². The normalized spacial score (nSPS) is 21.1. The number of hydrogen-bond acceptors (Lipinski definition) is 4. The second kappa shape index (κ2) is 8.76. The molecule has 25 heavy (non-hydrogen) atoms. The molecule has 5 heteroatoms. The number of piperidine rings is 1. The minimum absolute atomic E-state index is 0.183. The number of nitrogens with zero attached hydrogens (tertiary/aromatic N) is 1. The summed E-state index contributed by atoms with van der Waals surface area (Å²) in [6.45, 7) is 1.97. The van der Waals surface area contributed by atoms with Gasteiger partial charge in [-0.05, 0) is 24.0 Å². The second-order valence-electron chi connectivity index (χ2n) is 6.50. The number of amides is 1. The molecule has 132 valence electrons. The lowest BCUT2D eigenvalue weighted by Gasteiger charge is -2.38. The monoisotopic (exact) mass is 339 g/mol. The molecule has 1 aliphatic rings. The van der Waals surface area contributed by atoms with Crippen LogP contribution in [0.25, 0.3) is 0 Å². The van der Waals surface area contributed by atoms with Gasteiger partial charge in [-0.1, -0.05) is 60.7 Å². The molecule has 3 rings (SSSR count). The number of hydroxylamine groups is 1. The first-order chi connectivity index (χ1) is 12.2. The minimum atomic E-state index is -0.250. The number of nitrogens with one attached hydrogen (secondary N) is 1. The first-order valence-electron chi connectivity index (χ1n) is 8.71. The van der Waals surface area contributed by atoms with E-state index in [2.05, 4.69) is 22.5 Å². The number of nitrogens with two attached hydrogens (primary N) is 1. The molecule has 2 atom stereocenters. The summed E-state index contributed by atoms with van der Waals surface area (Å²) in [7, 11) is 0. The summed E-state index contributed by atoms with van der Waals surface area (Å²) in [5.74, 6) is -0.250. The Hall–Kier alpha value is -2.21. The molecule has 0 radical (unpaired) electrons. The number of rotatable bonds is 7. The van der Waals surface area contributed by atoms with E-state index in [-0.39, 0.29) is 18.0 Å². The molecule has 1 saturated heterocycles. The van der Waals surface area contributed by atoms with Crippen molar-refractivity contribution in [2.24, 2.45) is 5.73 Å². The number of benzene rings is 2. The number of carbonyl (C=O) groups excluding carboxylic acids is 1. The van der Waals surface area contributed by atoms with Crippen LogP contribution in [0.4, 0.5) is 0 Å². The molecule has 5 nitrogen and oxygen atoms in total. The van der Waals surface area contributed by atoms with E-state index in [1.54, 1.807) is 0 Å². The van der Waals surface area contributed by atoms with Crippen molar-refractivity contribution < 1.29 is 9.63 Å². The molecule has 0 saturated carbocycles. The van der Waals surface area contributed by atoms with Crippen molar-refractivity contribution in [2.45, 2.75) is 38.1 Å². The zero-order chi connectivity index (χ0) is 17.5. The minimum Gasteiger partial charge on any atom is -0.368 e. The summed E-state index contributed by atoms with van der Waals surface area (Å²) >= 11 is 0. The largest absolute Gasteiger partial charge is 0.368 e. The molecular weight excluding hydrogens is 314 g/mol. The molecule has 1 amide bonds. The SMILES string of the molecule is NC(=O)[C@@H]1CC[C@@H](NOCc2ccccc2)CN1Cc1ccccc1. The zero-order valence-electron chi connectivity index (χ0n) is 14.3. The molecule has 1 heterocycles. The quantitative estimate of drug-likeness (QED) is 0.759. The molecule has 0 unspecified atom stereocenters. The van der Waals surface area contributed by atoms with Gasteiger partial charge in [0.05, 0.1) is 12.6 Å². The topological polar surface area (TPSA) is 67.6 Å². The van der Waals surface area contributed by atoms with Gasteiger partial charge >= 0.3 is 0 Å². The summed E-state index contributed by atoms with van der Waals surface area (Å²) in [6, 6.07) is 20.2. The molecule has 2 aromatic rings. The zero-order valence-corrected chi connectivity index (χ0v) is 14.3. The Labute approximate surface area is 148 Å². The molecule has 0 aliphatic carbocycles. The highest BCUT2D eigenvalue weighted by atomic mass is 16.6. The number of hydrogen-bond donors (Lipinski definition) is 2. The number of likely N-dealkylation sites (tertiary alicyclic amines) is 1. The van der Waals surface area contributed by atoms with Gasteiger partial charge in [0.25, 0.3) is 0 Å². The van der Waals surface area contributed by atoms with E-state index in [9.17, 15) is 4.79 Å². The van der Waals surface area contributed by atoms with Crippen LogP contribution in [-0.4, -0.2) is 29.4 Å². The molecule has 0 spiro atoms. The van der Waals surface area contributed by atoms with Crippen LogP contribution in [0.3, 0.4) is 0 Å². The van der Waals surface area contributed by atoms with Crippen molar-refractivity contribution in [3.05, 3.63) is 71.8 Å². The van der Waals surface area contributed by atoms with E-state index >= 15 is 0 Å². The Kier molecular flexibility index (Phi) is 6.17. The first-order valence-corrected chi connectivity index (χ1v) is 8.71. The Morgan fingerprint density at radius 1 is 1.04 bits per heavy atom. The second-order valence-corrected chi connectivity index (χ2v) is 6.50. The van der Waals surface area contributed by atoms with Crippen LogP contribution in [0.5, 0.6) is 0 Å². The Morgan fingerprint density at radius 3 is 2.32 bits per heavy atom. The van der Waals surface area contributed by atoms with Gasteiger partial charge in [0.15, 0.2) is 0 Å². The van der Waals surface area contributed by atoms with Crippen LogP contribution in [0.2, 0.25) is 0 Å². The van der Waals surface area contributed by atoms with Crippen LogP contribution in [0.1, 0.15) is 24.0 Å². The molecule has 0 bridgehead atoms. The summed E-state index contributed by atoms with van der Waals surface area (Å²) in [6.07, 6.45) is 1.61. The number of carbonyl (C=O) groups is 1. The first kappa shape index (κ1) is 17.6. The van der Waals surface area contributed by atoms with Crippen LogP contribution in [0.15, 0.2) is 60.7 Å². The summed E-state index contributed by atoms with van der Waals surface area (Å²) in [5, 5.41) is 0. The highest BCUT2D eigenvalue weighted by Crippen LogP contribution is 2.20. The van der Waals surface area contributed by atoms with Gasteiger partial charge in [-0.2, -0.15) is 5.48 Å². The van der Waals surface area contributed by atoms with Crippen LogP contribution >= 0.6 is 0 Å². The number of primary amides is 1. The Balaban J connectivity index is 1.55. The van der Waals surface area contributed by atoms with Gasteiger partial charge in [-0.15, -0.1) is 0 Å². The predicted molar refractivity (Wildman–Crippen MR) is 97.2 cm³/mol. The average molecular weight is 339 g/mol. The van der Waals surface area contributed by atoms with Crippen LogP contribution < -0.4 is 11.2 Å².